The number of ether oxygens (including phenoxy) is 1. The lowest BCUT2D eigenvalue weighted by Crippen LogP contribution is -2.21. The Morgan fingerprint density at radius 3 is 2.20 bits per heavy atom. The summed E-state index contributed by atoms with van der Waals surface area (Å²) < 4.78 is 41.3. The van der Waals surface area contributed by atoms with E-state index in [1.165, 1.54) is 19.2 Å². The number of methoxy groups -OCH3 is 1. The van der Waals surface area contributed by atoms with Gasteiger partial charge in [-0.2, -0.15) is 13.2 Å². The number of hydrazone groups is 1. The van der Waals surface area contributed by atoms with Crippen LogP contribution in [0.15, 0.2) is 29.4 Å². The van der Waals surface area contributed by atoms with Crippen LogP contribution in [-0.2, 0) is 0 Å². The zero-order valence-corrected chi connectivity index (χ0v) is 7.75. The van der Waals surface area contributed by atoms with Crippen LogP contribution in [0.1, 0.15) is 0 Å². The van der Waals surface area contributed by atoms with E-state index >= 15 is 0 Å². The first kappa shape index (κ1) is 9.82. The summed E-state index contributed by atoms with van der Waals surface area (Å²) in [6, 6.07) is 6.19. The van der Waals surface area contributed by atoms with E-state index < -0.39 is 12.0 Å². The van der Waals surface area contributed by atoms with Crippen molar-refractivity contribution >= 4 is 11.5 Å². The third kappa shape index (κ3) is 1.88. The summed E-state index contributed by atoms with van der Waals surface area (Å²) in [7, 11) is 1.49. The van der Waals surface area contributed by atoms with E-state index in [0.717, 1.165) is 5.01 Å². The van der Waals surface area contributed by atoms with Crippen LogP contribution >= 0.6 is 0 Å². The summed E-state index contributed by atoms with van der Waals surface area (Å²) in [4.78, 5) is 0. The van der Waals surface area contributed by atoms with Gasteiger partial charge in [0.05, 0.1) is 12.8 Å². The van der Waals surface area contributed by atoms with Gasteiger partial charge in [-0.1, -0.05) is 0 Å². The van der Waals surface area contributed by atoms with Crippen LogP contribution in [0, 0.1) is 0 Å². The molecule has 1 heterocycles. The molecule has 1 aromatic rings. The monoisotopic (exact) mass is 216 g/mol. The van der Waals surface area contributed by atoms with E-state index in [4.69, 9.17) is 4.74 Å². The molecular formula is C9H7F3N2O. The molecule has 0 N–H and O–H groups in total. The van der Waals surface area contributed by atoms with Gasteiger partial charge < -0.3 is 4.74 Å². The molecular weight excluding hydrogens is 209 g/mol. The standard InChI is InChI=1S/C9H7F3N2O/c1-15-7-4-2-6(3-5-7)14-8(13-14)9(10,11)12/h2-5H,1H3. The Morgan fingerprint density at radius 2 is 1.80 bits per heavy atom. The van der Waals surface area contributed by atoms with E-state index in [0.29, 0.717) is 11.4 Å². The number of nitrogens with zero attached hydrogens (tertiary/aromatic N) is 2. The molecule has 0 aliphatic carbocycles. The van der Waals surface area contributed by atoms with Crippen molar-refractivity contribution in [3.8, 4) is 5.75 Å². The fourth-order valence-electron chi connectivity index (χ4n) is 1.15. The normalized spacial score (nSPS) is 14.9. The minimum atomic E-state index is -4.38. The van der Waals surface area contributed by atoms with Crippen molar-refractivity contribution in [2.75, 3.05) is 12.1 Å². The van der Waals surface area contributed by atoms with Crippen molar-refractivity contribution in [1.82, 2.24) is 0 Å². The van der Waals surface area contributed by atoms with Crippen LogP contribution in [0.4, 0.5) is 18.9 Å². The molecule has 0 unspecified atom stereocenters. The van der Waals surface area contributed by atoms with Crippen LogP contribution in [0.5, 0.6) is 5.75 Å². The first-order chi connectivity index (χ1) is 7.02. The third-order valence-corrected chi connectivity index (χ3v) is 1.93. The van der Waals surface area contributed by atoms with Crippen LogP contribution in [0.25, 0.3) is 0 Å². The summed E-state index contributed by atoms with van der Waals surface area (Å²) in [5.74, 6) is -0.276. The Labute approximate surface area is 83.8 Å². The summed E-state index contributed by atoms with van der Waals surface area (Å²) in [6.45, 7) is 0. The highest BCUT2D eigenvalue weighted by Gasteiger charge is 2.49. The Kier molecular flexibility index (Phi) is 2.06. The van der Waals surface area contributed by atoms with E-state index in [2.05, 4.69) is 5.10 Å². The quantitative estimate of drug-likeness (QED) is 0.758. The van der Waals surface area contributed by atoms with Crippen molar-refractivity contribution in [3.63, 3.8) is 0 Å². The first-order valence-electron chi connectivity index (χ1n) is 4.12. The molecule has 0 bridgehead atoms. The van der Waals surface area contributed by atoms with E-state index in [9.17, 15) is 13.2 Å². The molecule has 2 rings (SSSR count). The van der Waals surface area contributed by atoms with Gasteiger partial charge >= 0.3 is 6.18 Å². The lowest BCUT2D eigenvalue weighted by atomic mass is 10.3. The minimum Gasteiger partial charge on any atom is -0.497 e. The molecule has 80 valence electrons. The second kappa shape index (κ2) is 3.15. The smallest absolute Gasteiger partial charge is 0.453 e. The van der Waals surface area contributed by atoms with Gasteiger partial charge in [0.2, 0.25) is 0 Å². The molecule has 0 aromatic heterocycles. The van der Waals surface area contributed by atoms with Crippen molar-refractivity contribution in [3.05, 3.63) is 24.3 Å². The number of hydrogen-bond donors (Lipinski definition) is 0. The average molecular weight is 216 g/mol. The minimum absolute atomic E-state index is 0.378. The molecule has 3 nitrogen and oxygen atoms in total. The number of benzene rings is 1. The molecule has 1 aliphatic heterocycles. The number of halogens is 3. The first-order valence-corrected chi connectivity index (χ1v) is 4.12. The largest absolute Gasteiger partial charge is 0.497 e. The van der Waals surface area contributed by atoms with Gasteiger partial charge in [0.25, 0.3) is 5.84 Å². The summed E-state index contributed by atoms with van der Waals surface area (Å²) in [5.41, 5.74) is 0.378. The van der Waals surface area contributed by atoms with Crippen molar-refractivity contribution < 1.29 is 17.9 Å². The molecule has 0 radical (unpaired) electrons. The second-order valence-electron chi connectivity index (χ2n) is 2.93. The highest BCUT2D eigenvalue weighted by molar-refractivity contribution is 6.11. The zero-order chi connectivity index (χ0) is 11.1. The number of alkyl halides is 3. The number of hydrogen-bond acceptors (Lipinski definition) is 3. The predicted molar refractivity (Wildman–Crippen MR) is 49.0 cm³/mol. The number of amidine groups is 1. The van der Waals surface area contributed by atoms with Gasteiger partial charge in [-0.05, 0) is 24.3 Å². The van der Waals surface area contributed by atoms with Gasteiger partial charge in [0, 0.05) is 0 Å². The van der Waals surface area contributed by atoms with Gasteiger partial charge in [-0.3, -0.25) is 0 Å². The molecule has 0 saturated carbocycles. The second-order valence-corrected chi connectivity index (χ2v) is 2.93. The number of anilines is 1. The maximum atomic E-state index is 12.1. The molecule has 15 heavy (non-hydrogen) atoms. The highest BCUT2D eigenvalue weighted by atomic mass is 19.4. The molecule has 6 heteroatoms. The Morgan fingerprint density at radius 1 is 1.20 bits per heavy atom. The summed E-state index contributed by atoms with van der Waals surface area (Å²) in [5, 5.41) is 4.08. The zero-order valence-electron chi connectivity index (χ0n) is 7.75. The van der Waals surface area contributed by atoms with Crippen molar-refractivity contribution in [2.24, 2.45) is 5.10 Å². The van der Waals surface area contributed by atoms with Gasteiger partial charge in [0.15, 0.2) is 0 Å². The maximum Gasteiger partial charge on any atom is 0.453 e. The van der Waals surface area contributed by atoms with Crippen molar-refractivity contribution in [1.29, 1.82) is 0 Å². The molecule has 0 spiro atoms. The molecule has 0 atom stereocenters. The summed E-state index contributed by atoms with van der Waals surface area (Å²) >= 11 is 0. The Hall–Kier alpha value is -1.72. The van der Waals surface area contributed by atoms with Gasteiger partial charge in [0.1, 0.15) is 5.75 Å². The molecule has 0 amide bonds. The van der Waals surface area contributed by atoms with Crippen LogP contribution in [0.2, 0.25) is 0 Å². The lowest BCUT2D eigenvalue weighted by molar-refractivity contribution is -0.0563. The fourth-order valence-corrected chi connectivity index (χ4v) is 1.15. The third-order valence-electron chi connectivity index (χ3n) is 1.93. The predicted octanol–water partition coefficient (Wildman–Crippen LogP) is 2.39. The topological polar surface area (TPSA) is 24.6 Å². The molecule has 0 saturated heterocycles. The van der Waals surface area contributed by atoms with Crippen LogP contribution in [-0.4, -0.2) is 19.1 Å². The maximum absolute atomic E-state index is 12.1. The van der Waals surface area contributed by atoms with Crippen molar-refractivity contribution in [2.45, 2.75) is 6.18 Å². The van der Waals surface area contributed by atoms with E-state index in [1.807, 2.05) is 0 Å². The van der Waals surface area contributed by atoms with Crippen LogP contribution in [0.3, 0.4) is 0 Å². The molecule has 1 aromatic carbocycles. The molecule has 0 fully saturated rings. The Balaban J connectivity index is 2.09. The SMILES string of the molecule is COc1ccc(N2N=C2C(F)(F)F)cc1. The van der Waals surface area contributed by atoms with Gasteiger partial charge in [-0.25, -0.2) is 5.01 Å². The van der Waals surface area contributed by atoms with Gasteiger partial charge in [-0.15, -0.1) is 5.10 Å². The van der Waals surface area contributed by atoms with E-state index in [1.54, 1.807) is 12.1 Å². The Bertz CT molecular complexity index is 397. The fraction of sp³-hybridized carbons (Fsp3) is 0.222. The average Bonchev–Trinajstić information content (AvgIpc) is 2.97. The number of rotatable bonds is 2. The summed E-state index contributed by atoms with van der Waals surface area (Å²) in [6.07, 6.45) is -4.38. The van der Waals surface area contributed by atoms with Crippen LogP contribution < -0.4 is 9.75 Å². The highest BCUT2D eigenvalue weighted by Crippen LogP contribution is 2.33. The van der Waals surface area contributed by atoms with E-state index in [-0.39, 0.29) is 0 Å². The molecule has 1 aliphatic rings. The lowest BCUT2D eigenvalue weighted by Gasteiger charge is -2.05.